The van der Waals surface area contributed by atoms with Gasteiger partial charge in [-0.25, -0.2) is 0 Å². The highest BCUT2D eigenvalue weighted by Crippen LogP contribution is 1.85. The maximum Gasteiger partial charge on any atom is 0.320 e. The minimum Gasteiger partial charge on any atom is -0.480 e. The lowest BCUT2D eigenvalue weighted by Gasteiger charge is -2.08. The Morgan fingerprint density at radius 3 is 2.71 bits per heavy atom. The van der Waals surface area contributed by atoms with Crippen molar-refractivity contribution < 1.29 is 19.4 Å². The van der Waals surface area contributed by atoms with E-state index in [0.717, 1.165) is 6.42 Å². The molecule has 5 nitrogen and oxygen atoms in total. The molecule has 0 fully saturated rings. The van der Waals surface area contributed by atoms with Gasteiger partial charge < -0.3 is 19.9 Å². The monoisotopic (exact) mass is 205 g/mol. The quantitative estimate of drug-likeness (QED) is 0.523. The fourth-order valence-electron chi connectivity index (χ4n) is 0.824. The smallest absolute Gasteiger partial charge is 0.320 e. The van der Waals surface area contributed by atoms with E-state index in [1.54, 1.807) is 14.0 Å². The van der Waals surface area contributed by atoms with Crippen molar-refractivity contribution in [1.82, 2.24) is 5.32 Å². The zero-order chi connectivity index (χ0) is 10.8. The predicted molar refractivity (Wildman–Crippen MR) is 52.4 cm³/mol. The normalized spacial score (nSPS) is 12.7. The van der Waals surface area contributed by atoms with Crippen molar-refractivity contribution in [3.63, 3.8) is 0 Å². The van der Waals surface area contributed by atoms with Gasteiger partial charge in [-0.1, -0.05) is 0 Å². The van der Waals surface area contributed by atoms with Crippen molar-refractivity contribution in [2.75, 3.05) is 33.5 Å². The summed E-state index contributed by atoms with van der Waals surface area (Å²) in [5.41, 5.74) is 0. The second-order valence-corrected chi connectivity index (χ2v) is 2.97. The molecule has 1 atom stereocenters. The molecule has 0 aromatic rings. The lowest BCUT2D eigenvalue weighted by Crippen LogP contribution is -2.34. The first-order chi connectivity index (χ1) is 6.68. The lowest BCUT2D eigenvalue weighted by atomic mass is 10.3. The van der Waals surface area contributed by atoms with Crippen LogP contribution in [0, 0.1) is 0 Å². The number of rotatable bonds is 9. The molecule has 5 heteroatoms. The van der Waals surface area contributed by atoms with Crippen LogP contribution in [0.2, 0.25) is 0 Å². The van der Waals surface area contributed by atoms with Crippen LogP contribution in [-0.4, -0.2) is 50.6 Å². The summed E-state index contributed by atoms with van der Waals surface area (Å²) in [6.07, 6.45) is 0.807. The number of carbonyl (C=O) groups is 1. The number of nitrogens with one attached hydrogen (secondary N) is 1. The van der Waals surface area contributed by atoms with E-state index in [1.807, 2.05) is 0 Å². The highest BCUT2D eigenvalue weighted by atomic mass is 16.5. The summed E-state index contributed by atoms with van der Waals surface area (Å²) in [7, 11) is 1.62. The van der Waals surface area contributed by atoms with Crippen molar-refractivity contribution in [3.8, 4) is 0 Å². The van der Waals surface area contributed by atoms with Crippen molar-refractivity contribution in [2.45, 2.75) is 19.4 Å². The second-order valence-electron chi connectivity index (χ2n) is 2.97. The lowest BCUT2D eigenvalue weighted by molar-refractivity contribution is -0.139. The zero-order valence-corrected chi connectivity index (χ0v) is 8.78. The number of carboxylic acids is 1. The van der Waals surface area contributed by atoms with Gasteiger partial charge in [0.1, 0.15) is 6.04 Å². The molecule has 1 unspecified atom stereocenters. The van der Waals surface area contributed by atoms with Gasteiger partial charge in [0, 0.05) is 13.7 Å². The van der Waals surface area contributed by atoms with Gasteiger partial charge in [0.2, 0.25) is 0 Å². The molecule has 0 saturated carbocycles. The van der Waals surface area contributed by atoms with Gasteiger partial charge in [-0.05, 0) is 19.9 Å². The number of hydrogen-bond acceptors (Lipinski definition) is 4. The van der Waals surface area contributed by atoms with E-state index in [1.165, 1.54) is 0 Å². The van der Waals surface area contributed by atoms with Crippen LogP contribution in [0.3, 0.4) is 0 Å². The molecule has 0 rings (SSSR count). The van der Waals surface area contributed by atoms with Crippen LogP contribution < -0.4 is 5.32 Å². The molecule has 14 heavy (non-hydrogen) atoms. The molecule has 2 N–H and O–H groups in total. The van der Waals surface area contributed by atoms with Crippen LogP contribution in [0.5, 0.6) is 0 Å². The number of aliphatic carboxylic acids is 1. The maximum atomic E-state index is 10.4. The Kier molecular flexibility index (Phi) is 8.51. The summed E-state index contributed by atoms with van der Waals surface area (Å²) in [6.45, 7) is 4.08. The molecule has 0 radical (unpaired) electrons. The van der Waals surface area contributed by atoms with Gasteiger partial charge in [0.25, 0.3) is 0 Å². The van der Waals surface area contributed by atoms with Gasteiger partial charge in [0.15, 0.2) is 0 Å². The van der Waals surface area contributed by atoms with Crippen LogP contribution in [0.4, 0.5) is 0 Å². The molecule has 0 spiro atoms. The molecule has 0 aliphatic carbocycles. The average Bonchev–Trinajstić information content (AvgIpc) is 2.16. The molecular weight excluding hydrogens is 186 g/mol. The standard InChI is InChI=1S/C9H19NO4/c1-8(9(11)12)10-4-3-5-14-7-6-13-2/h8,10H,3-7H2,1-2H3,(H,11,12). The van der Waals surface area contributed by atoms with E-state index >= 15 is 0 Å². The van der Waals surface area contributed by atoms with E-state index in [0.29, 0.717) is 26.4 Å². The third-order valence-corrected chi connectivity index (χ3v) is 1.72. The first-order valence-corrected chi connectivity index (χ1v) is 4.71. The SMILES string of the molecule is COCCOCCCNC(C)C(=O)O. The first kappa shape index (κ1) is 13.4. The van der Waals surface area contributed by atoms with Crippen molar-refractivity contribution in [3.05, 3.63) is 0 Å². The molecule has 0 heterocycles. The summed E-state index contributed by atoms with van der Waals surface area (Å²) < 4.78 is 10.0. The van der Waals surface area contributed by atoms with Crippen LogP contribution >= 0.6 is 0 Å². The number of carboxylic acid groups (broad SMARTS) is 1. The second kappa shape index (κ2) is 8.93. The molecule has 0 aromatic heterocycles. The van der Waals surface area contributed by atoms with Crippen LogP contribution in [-0.2, 0) is 14.3 Å². The molecular formula is C9H19NO4. The Bertz CT molecular complexity index is 152. The van der Waals surface area contributed by atoms with Crippen LogP contribution in [0.1, 0.15) is 13.3 Å². The fraction of sp³-hybridized carbons (Fsp3) is 0.889. The topological polar surface area (TPSA) is 67.8 Å². The van der Waals surface area contributed by atoms with Crippen molar-refractivity contribution in [2.24, 2.45) is 0 Å². The van der Waals surface area contributed by atoms with Gasteiger partial charge in [-0.2, -0.15) is 0 Å². The average molecular weight is 205 g/mol. The summed E-state index contributed by atoms with van der Waals surface area (Å²) in [6, 6.07) is -0.492. The molecule has 0 saturated heterocycles. The minimum absolute atomic E-state index is 0.492. The molecule has 0 aromatic carbocycles. The Labute approximate surface area is 84.4 Å². The highest BCUT2D eigenvalue weighted by molar-refractivity contribution is 5.72. The van der Waals surface area contributed by atoms with Crippen LogP contribution in [0.15, 0.2) is 0 Å². The maximum absolute atomic E-state index is 10.4. The summed E-state index contributed by atoms with van der Waals surface area (Å²) >= 11 is 0. The Hall–Kier alpha value is -0.650. The molecule has 0 bridgehead atoms. The Morgan fingerprint density at radius 2 is 2.14 bits per heavy atom. The summed E-state index contributed by atoms with van der Waals surface area (Å²) in [4.78, 5) is 10.4. The predicted octanol–water partition coefficient (Wildman–Crippen LogP) is 0.102. The van der Waals surface area contributed by atoms with E-state index in [9.17, 15) is 4.79 Å². The van der Waals surface area contributed by atoms with Gasteiger partial charge in [-0.15, -0.1) is 0 Å². The van der Waals surface area contributed by atoms with Crippen LogP contribution in [0.25, 0.3) is 0 Å². The number of ether oxygens (including phenoxy) is 2. The van der Waals surface area contributed by atoms with Crippen molar-refractivity contribution in [1.29, 1.82) is 0 Å². The third-order valence-electron chi connectivity index (χ3n) is 1.72. The van der Waals surface area contributed by atoms with Gasteiger partial charge in [-0.3, -0.25) is 4.79 Å². The van der Waals surface area contributed by atoms with Crippen molar-refractivity contribution >= 4 is 5.97 Å². The Morgan fingerprint density at radius 1 is 1.43 bits per heavy atom. The fourth-order valence-corrected chi connectivity index (χ4v) is 0.824. The van der Waals surface area contributed by atoms with Gasteiger partial charge in [0.05, 0.1) is 13.2 Å². The highest BCUT2D eigenvalue weighted by Gasteiger charge is 2.07. The number of hydrogen-bond donors (Lipinski definition) is 2. The molecule has 0 aliphatic heterocycles. The summed E-state index contributed by atoms with van der Waals surface area (Å²) in [5.74, 6) is -0.828. The molecule has 0 amide bonds. The number of methoxy groups -OCH3 is 1. The molecule has 84 valence electrons. The zero-order valence-electron chi connectivity index (χ0n) is 8.78. The summed E-state index contributed by atoms with van der Waals surface area (Å²) in [5, 5.41) is 11.4. The molecule has 0 aliphatic rings. The van der Waals surface area contributed by atoms with E-state index in [-0.39, 0.29) is 0 Å². The Balaban J connectivity index is 3.09. The first-order valence-electron chi connectivity index (χ1n) is 4.71. The van der Waals surface area contributed by atoms with Gasteiger partial charge >= 0.3 is 5.97 Å². The van der Waals surface area contributed by atoms with E-state index < -0.39 is 12.0 Å². The largest absolute Gasteiger partial charge is 0.480 e. The van der Waals surface area contributed by atoms with E-state index in [4.69, 9.17) is 14.6 Å². The van der Waals surface area contributed by atoms with E-state index in [2.05, 4.69) is 5.32 Å². The minimum atomic E-state index is -0.828. The third kappa shape index (κ3) is 7.97.